The van der Waals surface area contributed by atoms with Crippen molar-refractivity contribution >= 4 is 0 Å². The maximum atomic E-state index is 9.39. The molecule has 1 fully saturated rings. The van der Waals surface area contributed by atoms with Gasteiger partial charge in [0.25, 0.3) is 0 Å². The fourth-order valence-corrected chi connectivity index (χ4v) is 2.00. The van der Waals surface area contributed by atoms with Crippen LogP contribution in [0.4, 0.5) is 0 Å². The molecule has 0 aromatic carbocycles. The Labute approximate surface area is 88.1 Å². The van der Waals surface area contributed by atoms with Crippen molar-refractivity contribution < 1.29 is 5.11 Å². The quantitative estimate of drug-likeness (QED) is 0.658. The Hall–Kier alpha value is -0.0800. The molecule has 0 spiro atoms. The molecule has 0 aromatic heterocycles. The molecule has 0 amide bonds. The summed E-state index contributed by atoms with van der Waals surface area (Å²) in [6.45, 7) is 7.97. The van der Waals surface area contributed by atoms with Crippen LogP contribution in [0.15, 0.2) is 0 Å². The average Bonchev–Trinajstić information content (AvgIpc) is 3.02. The van der Waals surface area contributed by atoms with Gasteiger partial charge in [0.1, 0.15) is 0 Å². The average molecular weight is 199 g/mol. The van der Waals surface area contributed by atoms with Crippen LogP contribution in [0.3, 0.4) is 0 Å². The molecule has 2 heteroatoms. The second-order valence-corrected chi connectivity index (χ2v) is 4.91. The summed E-state index contributed by atoms with van der Waals surface area (Å²) in [5.41, 5.74) is -0.0113. The normalized spacial score (nSPS) is 21.2. The molecule has 0 heterocycles. The molecule has 1 unspecified atom stereocenters. The van der Waals surface area contributed by atoms with Gasteiger partial charge in [-0.05, 0) is 38.1 Å². The van der Waals surface area contributed by atoms with Crippen LogP contribution in [0.5, 0.6) is 0 Å². The summed E-state index contributed by atoms with van der Waals surface area (Å²) in [5.74, 6) is 1.47. The first-order valence-electron chi connectivity index (χ1n) is 6.02. The highest BCUT2D eigenvalue weighted by Crippen LogP contribution is 2.39. The van der Waals surface area contributed by atoms with Crippen LogP contribution < -0.4 is 5.32 Å². The molecule has 1 atom stereocenters. The van der Waals surface area contributed by atoms with E-state index in [4.69, 9.17) is 0 Å². The molecule has 1 saturated carbocycles. The number of hydrogen-bond donors (Lipinski definition) is 2. The molecule has 14 heavy (non-hydrogen) atoms. The Morgan fingerprint density at radius 3 is 2.29 bits per heavy atom. The van der Waals surface area contributed by atoms with Crippen molar-refractivity contribution in [3.8, 4) is 0 Å². The molecule has 2 N–H and O–H groups in total. The minimum atomic E-state index is -0.0113. The summed E-state index contributed by atoms with van der Waals surface area (Å²) in [7, 11) is 0. The maximum absolute atomic E-state index is 9.39. The zero-order valence-corrected chi connectivity index (χ0v) is 9.84. The third-order valence-electron chi connectivity index (χ3n) is 3.76. The number of nitrogens with one attached hydrogen (secondary N) is 1. The van der Waals surface area contributed by atoms with Gasteiger partial charge in [-0.2, -0.15) is 0 Å². The fourth-order valence-electron chi connectivity index (χ4n) is 2.00. The molecule has 0 radical (unpaired) electrons. The van der Waals surface area contributed by atoms with Crippen molar-refractivity contribution in [2.75, 3.05) is 13.2 Å². The maximum Gasteiger partial charge on any atom is 0.0613 e. The minimum Gasteiger partial charge on any atom is -0.394 e. The third kappa shape index (κ3) is 2.96. The van der Waals surface area contributed by atoms with Crippen molar-refractivity contribution in [3.63, 3.8) is 0 Å². The number of aliphatic hydroxyl groups is 1. The highest BCUT2D eigenvalue weighted by atomic mass is 16.3. The topological polar surface area (TPSA) is 32.3 Å². The lowest BCUT2D eigenvalue weighted by atomic mass is 9.95. The highest BCUT2D eigenvalue weighted by Gasteiger charge is 2.40. The first-order valence-corrected chi connectivity index (χ1v) is 6.02. The van der Waals surface area contributed by atoms with Gasteiger partial charge in [-0.25, -0.2) is 0 Å². The molecule has 0 aliphatic heterocycles. The number of rotatable bonds is 7. The lowest BCUT2D eigenvalue weighted by Gasteiger charge is -2.30. The molecule has 84 valence electrons. The van der Waals surface area contributed by atoms with E-state index in [-0.39, 0.29) is 12.1 Å². The number of hydrogen-bond acceptors (Lipinski definition) is 2. The van der Waals surface area contributed by atoms with Gasteiger partial charge >= 0.3 is 0 Å². The molecular weight excluding hydrogens is 174 g/mol. The summed E-state index contributed by atoms with van der Waals surface area (Å²) in [5, 5.41) is 13.0. The third-order valence-corrected chi connectivity index (χ3v) is 3.76. The van der Waals surface area contributed by atoms with Crippen LogP contribution in [0.1, 0.15) is 46.5 Å². The summed E-state index contributed by atoms with van der Waals surface area (Å²) in [4.78, 5) is 0. The van der Waals surface area contributed by atoms with E-state index < -0.39 is 0 Å². The molecule has 2 nitrogen and oxygen atoms in total. The van der Waals surface area contributed by atoms with Crippen LogP contribution >= 0.6 is 0 Å². The molecule has 1 aliphatic rings. The Kier molecular flexibility index (Phi) is 4.39. The summed E-state index contributed by atoms with van der Waals surface area (Å²) >= 11 is 0. The lowest BCUT2D eigenvalue weighted by molar-refractivity contribution is 0.148. The van der Waals surface area contributed by atoms with Gasteiger partial charge < -0.3 is 10.4 Å². The molecular formula is C12H25NO. The van der Waals surface area contributed by atoms with Crippen LogP contribution in [-0.2, 0) is 0 Å². The van der Waals surface area contributed by atoms with Gasteiger partial charge in [0.15, 0.2) is 0 Å². The fraction of sp³-hybridized carbons (Fsp3) is 1.00. The predicted molar refractivity (Wildman–Crippen MR) is 60.3 cm³/mol. The zero-order chi connectivity index (χ0) is 10.6. The van der Waals surface area contributed by atoms with E-state index >= 15 is 0 Å². The van der Waals surface area contributed by atoms with E-state index in [0.717, 1.165) is 12.5 Å². The van der Waals surface area contributed by atoms with Gasteiger partial charge in [0, 0.05) is 5.54 Å². The summed E-state index contributed by atoms with van der Waals surface area (Å²) in [6.07, 6.45) is 5.03. The van der Waals surface area contributed by atoms with Crippen molar-refractivity contribution in [1.29, 1.82) is 0 Å². The lowest BCUT2D eigenvalue weighted by Crippen LogP contribution is -2.49. The zero-order valence-electron chi connectivity index (χ0n) is 9.84. The van der Waals surface area contributed by atoms with E-state index in [1.807, 2.05) is 0 Å². The van der Waals surface area contributed by atoms with Crippen molar-refractivity contribution in [1.82, 2.24) is 5.32 Å². The standard InChI is InChI=1S/C12H25NO/c1-4-10(5-2)8-13-12(3,9-14)11-6-7-11/h10-11,13-14H,4-9H2,1-3H3. The van der Waals surface area contributed by atoms with Gasteiger partial charge in [0.2, 0.25) is 0 Å². The predicted octanol–water partition coefficient (Wildman–Crippen LogP) is 2.17. The second-order valence-electron chi connectivity index (χ2n) is 4.91. The van der Waals surface area contributed by atoms with Crippen molar-refractivity contribution in [2.45, 2.75) is 52.0 Å². The second kappa shape index (κ2) is 5.13. The molecule has 1 aliphatic carbocycles. The van der Waals surface area contributed by atoms with E-state index in [9.17, 15) is 5.11 Å². The minimum absolute atomic E-state index is 0.0113. The van der Waals surface area contributed by atoms with E-state index in [0.29, 0.717) is 5.92 Å². The van der Waals surface area contributed by atoms with Gasteiger partial charge in [-0.15, -0.1) is 0 Å². The summed E-state index contributed by atoms with van der Waals surface area (Å²) < 4.78 is 0. The largest absolute Gasteiger partial charge is 0.394 e. The van der Waals surface area contributed by atoms with Crippen LogP contribution in [0, 0.1) is 11.8 Å². The molecule has 1 rings (SSSR count). The highest BCUT2D eigenvalue weighted by molar-refractivity contribution is 4.97. The molecule has 0 saturated heterocycles. The van der Waals surface area contributed by atoms with Crippen molar-refractivity contribution in [2.24, 2.45) is 11.8 Å². The smallest absolute Gasteiger partial charge is 0.0613 e. The first kappa shape index (κ1) is 12.0. The Morgan fingerprint density at radius 1 is 1.36 bits per heavy atom. The van der Waals surface area contributed by atoms with E-state index in [1.165, 1.54) is 25.7 Å². The van der Waals surface area contributed by atoms with Crippen molar-refractivity contribution in [3.05, 3.63) is 0 Å². The van der Waals surface area contributed by atoms with Gasteiger partial charge in [-0.3, -0.25) is 0 Å². The van der Waals surface area contributed by atoms with E-state index in [1.54, 1.807) is 0 Å². The monoisotopic (exact) mass is 199 g/mol. The molecule has 0 bridgehead atoms. The van der Waals surface area contributed by atoms with Gasteiger partial charge in [0.05, 0.1) is 6.61 Å². The van der Waals surface area contributed by atoms with E-state index in [2.05, 4.69) is 26.1 Å². The molecule has 0 aromatic rings. The van der Waals surface area contributed by atoms with Crippen LogP contribution in [-0.4, -0.2) is 23.8 Å². The Balaban J connectivity index is 2.32. The Bertz CT molecular complexity index is 164. The van der Waals surface area contributed by atoms with Crippen LogP contribution in [0.2, 0.25) is 0 Å². The number of aliphatic hydroxyl groups excluding tert-OH is 1. The van der Waals surface area contributed by atoms with Crippen LogP contribution in [0.25, 0.3) is 0 Å². The first-order chi connectivity index (χ1) is 6.66. The SMILES string of the molecule is CCC(CC)CNC(C)(CO)C1CC1. The Morgan fingerprint density at radius 2 is 1.93 bits per heavy atom. The van der Waals surface area contributed by atoms with Gasteiger partial charge in [-0.1, -0.05) is 26.7 Å². The summed E-state index contributed by atoms with van der Waals surface area (Å²) in [6, 6.07) is 0.